The number of carbonyl (C=O) groups excluding carboxylic acids is 2. The third-order valence-corrected chi connectivity index (χ3v) is 4.85. The topological polar surface area (TPSA) is 74.8 Å². The van der Waals surface area contributed by atoms with Crippen molar-refractivity contribution in [3.63, 3.8) is 0 Å². The maximum atomic E-state index is 12.7. The Hall–Kier alpha value is -3.09. The summed E-state index contributed by atoms with van der Waals surface area (Å²) in [5.41, 5.74) is 1.57. The highest BCUT2D eigenvalue weighted by atomic mass is 16.6. The van der Waals surface area contributed by atoms with Gasteiger partial charge in [0.15, 0.2) is 0 Å². The van der Waals surface area contributed by atoms with E-state index in [1.54, 1.807) is 30.2 Å². The molecular weight excluding hydrogens is 356 g/mol. The van der Waals surface area contributed by atoms with Gasteiger partial charge in [0.05, 0.1) is 6.61 Å². The van der Waals surface area contributed by atoms with E-state index in [1.807, 2.05) is 42.3 Å². The van der Waals surface area contributed by atoms with Crippen LogP contribution >= 0.6 is 0 Å². The van der Waals surface area contributed by atoms with Crippen LogP contribution in [0.15, 0.2) is 48.7 Å². The minimum absolute atomic E-state index is 0.0432. The molecule has 0 atom stereocenters. The number of ether oxygens (including phenoxy) is 1. The predicted octanol–water partition coefficient (Wildman–Crippen LogP) is 3.20. The smallest absolute Gasteiger partial charge is 0.409 e. The van der Waals surface area contributed by atoms with E-state index in [0.717, 1.165) is 5.69 Å². The number of rotatable bonds is 5. The van der Waals surface area contributed by atoms with Crippen molar-refractivity contribution < 1.29 is 14.3 Å². The van der Waals surface area contributed by atoms with Crippen LogP contribution in [0.3, 0.4) is 0 Å². The summed E-state index contributed by atoms with van der Waals surface area (Å²) >= 11 is 0. The number of aromatic nitrogens is 1. The fraction of sp³-hybridized carbons (Fsp3) is 0.381. The fourth-order valence-corrected chi connectivity index (χ4v) is 3.22. The van der Waals surface area contributed by atoms with E-state index < -0.39 is 0 Å². The van der Waals surface area contributed by atoms with Gasteiger partial charge in [-0.1, -0.05) is 18.2 Å². The van der Waals surface area contributed by atoms with E-state index in [0.29, 0.717) is 43.9 Å². The van der Waals surface area contributed by atoms with Crippen LogP contribution < -0.4 is 10.2 Å². The summed E-state index contributed by atoms with van der Waals surface area (Å²) in [6, 6.07) is 13.4. The van der Waals surface area contributed by atoms with Crippen LogP contribution in [0.5, 0.6) is 0 Å². The molecule has 1 aliphatic heterocycles. The van der Waals surface area contributed by atoms with Crippen LogP contribution in [0.25, 0.3) is 0 Å². The Morgan fingerprint density at radius 2 is 1.93 bits per heavy atom. The zero-order valence-electron chi connectivity index (χ0n) is 16.3. The summed E-state index contributed by atoms with van der Waals surface area (Å²) in [5.74, 6) is 0.579. The van der Waals surface area contributed by atoms with Crippen LogP contribution in [-0.2, 0) is 4.74 Å². The molecule has 2 aromatic rings. The summed E-state index contributed by atoms with van der Waals surface area (Å²) in [6.45, 7) is 3.34. The van der Waals surface area contributed by atoms with E-state index in [4.69, 9.17) is 4.74 Å². The molecule has 1 N–H and O–H groups in total. The number of anilines is 2. The molecule has 7 nitrogen and oxygen atoms in total. The molecular formula is C21H26N4O3. The van der Waals surface area contributed by atoms with Gasteiger partial charge < -0.3 is 19.9 Å². The first kappa shape index (κ1) is 19.7. The van der Waals surface area contributed by atoms with Crippen molar-refractivity contribution in [2.45, 2.75) is 25.8 Å². The molecule has 1 aliphatic rings. The molecule has 7 heteroatoms. The second-order valence-corrected chi connectivity index (χ2v) is 6.73. The third kappa shape index (κ3) is 4.79. The zero-order valence-corrected chi connectivity index (χ0v) is 16.3. The standard InChI is InChI=1S/C21H26N4O3/c1-3-28-21(27)25-13-10-17(11-14-25)23-20(26)16-9-12-22-19(15-16)24(2)18-7-5-4-6-8-18/h4-9,12,15,17H,3,10-11,13-14H2,1-2H3,(H,23,26). The van der Waals surface area contributed by atoms with Crippen molar-refractivity contribution in [3.05, 3.63) is 54.2 Å². The molecule has 1 aromatic heterocycles. The van der Waals surface area contributed by atoms with Gasteiger partial charge in [-0.2, -0.15) is 0 Å². The van der Waals surface area contributed by atoms with Gasteiger partial charge in [0.2, 0.25) is 0 Å². The first-order chi connectivity index (χ1) is 13.6. The average Bonchev–Trinajstić information content (AvgIpc) is 2.74. The van der Waals surface area contributed by atoms with Gasteiger partial charge in [0, 0.05) is 43.6 Å². The number of para-hydroxylation sites is 1. The Bertz CT molecular complexity index is 804. The SMILES string of the molecule is CCOC(=O)N1CCC(NC(=O)c2ccnc(N(C)c3ccccc3)c2)CC1. The van der Waals surface area contributed by atoms with Crippen molar-refractivity contribution in [2.75, 3.05) is 31.6 Å². The quantitative estimate of drug-likeness (QED) is 0.860. The Labute approximate surface area is 165 Å². The monoisotopic (exact) mass is 382 g/mol. The lowest BCUT2D eigenvalue weighted by atomic mass is 10.0. The van der Waals surface area contributed by atoms with Crippen LogP contribution in [0, 0.1) is 0 Å². The highest BCUT2D eigenvalue weighted by Gasteiger charge is 2.25. The summed E-state index contributed by atoms with van der Waals surface area (Å²) in [7, 11) is 1.92. The van der Waals surface area contributed by atoms with Crippen molar-refractivity contribution in [3.8, 4) is 0 Å². The molecule has 148 valence electrons. The van der Waals surface area contributed by atoms with Crippen molar-refractivity contribution in [1.29, 1.82) is 0 Å². The molecule has 0 unspecified atom stereocenters. The highest BCUT2D eigenvalue weighted by molar-refractivity contribution is 5.95. The largest absolute Gasteiger partial charge is 0.450 e. The first-order valence-corrected chi connectivity index (χ1v) is 9.56. The van der Waals surface area contributed by atoms with Crippen LogP contribution in [-0.4, -0.2) is 54.7 Å². The third-order valence-electron chi connectivity index (χ3n) is 4.85. The number of hydrogen-bond donors (Lipinski definition) is 1. The Kier molecular flexibility index (Phi) is 6.47. The lowest BCUT2D eigenvalue weighted by molar-refractivity contribution is 0.0860. The normalized spacial score (nSPS) is 14.4. The first-order valence-electron chi connectivity index (χ1n) is 9.56. The number of pyridine rings is 1. The van der Waals surface area contributed by atoms with Gasteiger partial charge in [-0.3, -0.25) is 4.79 Å². The minimum Gasteiger partial charge on any atom is -0.450 e. The summed E-state index contributed by atoms with van der Waals surface area (Å²) in [5, 5.41) is 3.07. The van der Waals surface area contributed by atoms with Gasteiger partial charge in [0.25, 0.3) is 5.91 Å². The average molecular weight is 382 g/mol. The second kappa shape index (κ2) is 9.21. The molecule has 0 spiro atoms. The van der Waals surface area contributed by atoms with Crippen LogP contribution in [0.2, 0.25) is 0 Å². The fourth-order valence-electron chi connectivity index (χ4n) is 3.22. The summed E-state index contributed by atoms with van der Waals surface area (Å²) in [4.78, 5) is 32.5. The van der Waals surface area contributed by atoms with Gasteiger partial charge in [-0.25, -0.2) is 9.78 Å². The van der Waals surface area contributed by atoms with E-state index >= 15 is 0 Å². The molecule has 28 heavy (non-hydrogen) atoms. The second-order valence-electron chi connectivity index (χ2n) is 6.73. The molecule has 0 bridgehead atoms. The molecule has 2 amide bonds. The maximum Gasteiger partial charge on any atom is 0.409 e. The lowest BCUT2D eigenvalue weighted by Gasteiger charge is -2.31. The van der Waals surface area contributed by atoms with Crippen LogP contribution in [0.4, 0.5) is 16.3 Å². The molecule has 0 aliphatic carbocycles. The summed E-state index contributed by atoms with van der Waals surface area (Å²) < 4.78 is 5.03. The molecule has 1 aromatic carbocycles. The Morgan fingerprint density at radius 3 is 2.61 bits per heavy atom. The van der Waals surface area contributed by atoms with Gasteiger partial charge in [-0.05, 0) is 44.0 Å². The number of benzene rings is 1. The molecule has 1 saturated heterocycles. The van der Waals surface area contributed by atoms with Crippen molar-refractivity contribution in [1.82, 2.24) is 15.2 Å². The molecule has 2 heterocycles. The number of carbonyl (C=O) groups is 2. The maximum absolute atomic E-state index is 12.7. The van der Waals surface area contributed by atoms with E-state index in [2.05, 4.69) is 10.3 Å². The van der Waals surface area contributed by atoms with E-state index in [-0.39, 0.29) is 18.0 Å². The van der Waals surface area contributed by atoms with Crippen molar-refractivity contribution >= 4 is 23.5 Å². The van der Waals surface area contributed by atoms with E-state index in [1.165, 1.54) is 0 Å². The predicted molar refractivity (Wildman–Crippen MR) is 108 cm³/mol. The Morgan fingerprint density at radius 1 is 1.21 bits per heavy atom. The van der Waals surface area contributed by atoms with Gasteiger partial charge >= 0.3 is 6.09 Å². The van der Waals surface area contributed by atoms with Gasteiger partial charge in [-0.15, -0.1) is 0 Å². The molecule has 1 fully saturated rings. The number of hydrogen-bond acceptors (Lipinski definition) is 5. The Balaban J connectivity index is 1.59. The molecule has 3 rings (SSSR count). The van der Waals surface area contributed by atoms with Gasteiger partial charge in [0.1, 0.15) is 5.82 Å². The lowest BCUT2D eigenvalue weighted by Crippen LogP contribution is -2.46. The minimum atomic E-state index is -0.282. The number of amides is 2. The van der Waals surface area contributed by atoms with Crippen molar-refractivity contribution in [2.24, 2.45) is 0 Å². The number of nitrogens with zero attached hydrogens (tertiary/aromatic N) is 3. The van der Waals surface area contributed by atoms with Crippen LogP contribution in [0.1, 0.15) is 30.1 Å². The molecule has 0 saturated carbocycles. The highest BCUT2D eigenvalue weighted by Crippen LogP contribution is 2.22. The number of piperidine rings is 1. The molecule has 0 radical (unpaired) electrons. The number of nitrogens with one attached hydrogen (secondary N) is 1. The number of likely N-dealkylation sites (tertiary alicyclic amines) is 1. The summed E-state index contributed by atoms with van der Waals surface area (Å²) in [6.07, 6.45) is 2.79. The van der Waals surface area contributed by atoms with E-state index in [9.17, 15) is 9.59 Å². The zero-order chi connectivity index (χ0) is 19.9.